The zero-order valence-electron chi connectivity index (χ0n) is 13.4. The van der Waals surface area contributed by atoms with Crippen LogP contribution in [0.3, 0.4) is 0 Å². The summed E-state index contributed by atoms with van der Waals surface area (Å²) in [6.45, 7) is 6.39. The summed E-state index contributed by atoms with van der Waals surface area (Å²) in [5.41, 5.74) is -0.517. The van der Waals surface area contributed by atoms with E-state index < -0.39 is 21.0 Å². The molecule has 8 nitrogen and oxygen atoms in total. The number of aliphatic hydroxyl groups excluding tert-OH is 1. The van der Waals surface area contributed by atoms with E-state index in [4.69, 9.17) is 5.11 Å². The van der Waals surface area contributed by atoms with Crippen LogP contribution in [-0.2, 0) is 10.0 Å². The van der Waals surface area contributed by atoms with E-state index in [2.05, 4.69) is 10.0 Å². The normalized spacial score (nSPS) is 13.7. The van der Waals surface area contributed by atoms with E-state index in [-0.39, 0.29) is 22.6 Å². The van der Waals surface area contributed by atoms with Crippen LogP contribution in [0.4, 0.5) is 5.69 Å². The van der Waals surface area contributed by atoms with E-state index >= 15 is 0 Å². The molecule has 1 aromatic carbocycles. The first-order valence-electron chi connectivity index (χ1n) is 7.16. The van der Waals surface area contributed by atoms with Gasteiger partial charge in [0.2, 0.25) is 10.0 Å². The molecule has 0 amide bonds. The van der Waals surface area contributed by atoms with Crippen LogP contribution in [0.1, 0.15) is 20.8 Å². The molecule has 0 aliphatic rings. The van der Waals surface area contributed by atoms with Crippen molar-refractivity contribution in [2.24, 2.45) is 5.41 Å². The molecule has 0 saturated heterocycles. The van der Waals surface area contributed by atoms with Gasteiger partial charge in [0.15, 0.2) is 0 Å². The zero-order valence-corrected chi connectivity index (χ0v) is 14.3. The largest absolute Gasteiger partial charge is 0.395 e. The lowest BCUT2D eigenvalue weighted by molar-refractivity contribution is -0.384. The van der Waals surface area contributed by atoms with Crippen LogP contribution < -0.4 is 10.0 Å². The minimum Gasteiger partial charge on any atom is -0.395 e. The summed E-state index contributed by atoms with van der Waals surface area (Å²) in [4.78, 5) is 10.0. The molecule has 0 fully saturated rings. The zero-order chi connectivity index (χ0) is 17.7. The molecular weight excluding hydrogens is 322 g/mol. The van der Waals surface area contributed by atoms with Gasteiger partial charge in [-0.25, -0.2) is 13.1 Å². The predicted octanol–water partition coefficient (Wildman–Crippen LogP) is 0.870. The van der Waals surface area contributed by atoms with Crippen molar-refractivity contribution in [1.82, 2.24) is 10.0 Å². The highest BCUT2D eigenvalue weighted by Gasteiger charge is 2.29. The molecule has 0 aliphatic heterocycles. The lowest BCUT2D eigenvalue weighted by Gasteiger charge is -2.31. The maximum Gasteiger partial charge on any atom is 0.269 e. The molecule has 0 spiro atoms. The molecule has 0 aromatic heterocycles. The van der Waals surface area contributed by atoms with Gasteiger partial charge in [0, 0.05) is 31.3 Å². The second-order valence-electron chi connectivity index (χ2n) is 6.22. The second kappa shape index (κ2) is 7.82. The van der Waals surface area contributed by atoms with Crippen LogP contribution in [0, 0.1) is 15.5 Å². The van der Waals surface area contributed by atoms with Gasteiger partial charge in [0.1, 0.15) is 0 Å². The molecule has 0 heterocycles. The third-order valence-electron chi connectivity index (χ3n) is 3.34. The number of nitrogens with zero attached hydrogens (tertiary/aromatic N) is 1. The first kappa shape index (κ1) is 19.5. The smallest absolute Gasteiger partial charge is 0.269 e. The molecule has 9 heteroatoms. The van der Waals surface area contributed by atoms with E-state index in [0.29, 0.717) is 13.1 Å². The van der Waals surface area contributed by atoms with Gasteiger partial charge in [0.05, 0.1) is 16.4 Å². The number of hydrogen-bond donors (Lipinski definition) is 3. The Bertz CT molecular complexity index is 623. The van der Waals surface area contributed by atoms with Crippen molar-refractivity contribution in [3.63, 3.8) is 0 Å². The average molecular weight is 345 g/mol. The van der Waals surface area contributed by atoms with E-state index in [9.17, 15) is 18.5 Å². The Balaban J connectivity index is 2.94. The van der Waals surface area contributed by atoms with Crippen LogP contribution in [0.2, 0.25) is 0 Å². The minimum absolute atomic E-state index is 0.0282. The van der Waals surface area contributed by atoms with Crippen molar-refractivity contribution in [3.8, 4) is 0 Å². The molecule has 0 radical (unpaired) electrons. The third kappa shape index (κ3) is 5.87. The molecule has 1 atom stereocenters. The second-order valence-corrected chi connectivity index (χ2v) is 7.93. The Morgan fingerprint density at radius 2 is 1.83 bits per heavy atom. The molecule has 0 saturated carbocycles. The van der Waals surface area contributed by atoms with E-state index in [0.717, 1.165) is 12.1 Å². The van der Waals surface area contributed by atoms with Crippen molar-refractivity contribution < 1.29 is 18.4 Å². The standard InChI is InChI=1S/C14H23N3O5S/c1-14(2,3)13(10-15-8-9-18)16-23(21,22)12-6-4-11(5-7-12)17(19)20/h4-7,13,15-16,18H,8-10H2,1-3H3/t13-/m1/s1. The number of sulfonamides is 1. The van der Waals surface area contributed by atoms with Crippen LogP contribution in [0.15, 0.2) is 29.2 Å². The molecule has 0 unspecified atom stereocenters. The first-order valence-corrected chi connectivity index (χ1v) is 8.64. The van der Waals surface area contributed by atoms with Gasteiger partial charge in [-0.05, 0) is 17.5 Å². The van der Waals surface area contributed by atoms with Crippen LogP contribution in [0.5, 0.6) is 0 Å². The third-order valence-corrected chi connectivity index (χ3v) is 4.83. The minimum atomic E-state index is -3.80. The van der Waals surface area contributed by atoms with E-state index in [1.807, 2.05) is 20.8 Å². The van der Waals surface area contributed by atoms with Crippen molar-refractivity contribution >= 4 is 15.7 Å². The topological polar surface area (TPSA) is 122 Å². The Morgan fingerprint density at radius 1 is 1.26 bits per heavy atom. The van der Waals surface area contributed by atoms with Gasteiger partial charge in [0.25, 0.3) is 5.69 Å². The van der Waals surface area contributed by atoms with Gasteiger partial charge < -0.3 is 10.4 Å². The number of non-ortho nitro benzene ring substituents is 1. The van der Waals surface area contributed by atoms with Crippen LogP contribution >= 0.6 is 0 Å². The molecule has 0 bridgehead atoms. The number of rotatable bonds is 8. The summed E-state index contributed by atoms with van der Waals surface area (Å²) in [5, 5.41) is 22.4. The Labute approximate surface area is 136 Å². The molecular formula is C14H23N3O5S. The fourth-order valence-corrected chi connectivity index (χ4v) is 3.29. The molecule has 1 rings (SSSR count). The predicted molar refractivity (Wildman–Crippen MR) is 86.6 cm³/mol. The Kier molecular flexibility index (Phi) is 6.63. The van der Waals surface area contributed by atoms with E-state index in [1.165, 1.54) is 12.1 Å². The summed E-state index contributed by atoms with van der Waals surface area (Å²) in [5.74, 6) is 0. The molecule has 3 N–H and O–H groups in total. The summed E-state index contributed by atoms with van der Waals surface area (Å²) in [6.07, 6.45) is 0. The number of hydrogen-bond acceptors (Lipinski definition) is 6. The molecule has 1 aromatic rings. The number of nitro groups is 1. The number of nitrogens with one attached hydrogen (secondary N) is 2. The lowest BCUT2D eigenvalue weighted by atomic mass is 9.87. The van der Waals surface area contributed by atoms with Crippen molar-refractivity contribution in [3.05, 3.63) is 34.4 Å². The highest BCUT2D eigenvalue weighted by atomic mass is 32.2. The summed E-state index contributed by atoms with van der Waals surface area (Å²) in [6, 6.07) is 4.33. The van der Waals surface area contributed by atoms with Crippen molar-refractivity contribution in [1.29, 1.82) is 0 Å². The van der Waals surface area contributed by atoms with Gasteiger partial charge in [-0.2, -0.15) is 0 Å². The quantitative estimate of drug-likeness (QED) is 0.365. The fraction of sp³-hybridized carbons (Fsp3) is 0.571. The van der Waals surface area contributed by atoms with Crippen molar-refractivity contribution in [2.75, 3.05) is 19.7 Å². The molecule has 0 aliphatic carbocycles. The summed E-state index contributed by atoms with van der Waals surface area (Å²) in [7, 11) is -3.80. The molecule has 130 valence electrons. The van der Waals surface area contributed by atoms with Crippen molar-refractivity contribution in [2.45, 2.75) is 31.7 Å². The maximum atomic E-state index is 12.4. The fourth-order valence-electron chi connectivity index (χ4n) is 1.85. The number of benzene rings is 1. The first-order chi connectivity index (χ1) is 10.6. The van der Waals surface area contributed by atoms with Gasteiger partial charge in [-0.15, -0.1) is 0 Å². The highest BCUT2D eigenvalue weighted by molar-refractivity contribution is 7.89. The number of nitro benzene ring substituents is 1. The highest BCUT2D eigenvalue weighted by Crippen LogP contribution is 2.22. The Hall–Kier alpha value is -1.55. The summed E-state index contributed by atoms with van der Waals surface area (Å²) >= 11 is 0. The number of aliphatic hydroxyl groups is 1. The summed E-state index contributed by atoms with van der Waals surface area (Å²) < 4.78 is 27.5. The lowest BCUT2D eigenvalue weighted by Crippen LogP contribution is -2.49. The van der Waals surface area contributed by atoms with Crippen LogP contribution in [-0.4, -0.2) is 44.2 Å². The molecule has 23 heavy (non-hydrogen) atoms. The SMILES string of the molecule is CC(C)(C)[C@@H](CNCCO)NS(=O)(=O)c1ccc([N+](=O)[O-])cc1. The van der Waals surface area contributed by atoms with Gasteiger partial charge in [-0.1, -0.05) is 20.8 Å². The van der Waals surface area contributed by atoms with Gasteiger partial charge in [-0.3, -0.25) is 10.1 Å². The van der Waals surface area contributed by atoms with Crippen LogP contribution in [0.25, 0.3) is 0 Å². The maximum absolute atomic E-state index is 12.4. The average Bonchev–Trinajstić information content (AvgIpc) is 2.45. The van der Waals surface area contributed by atoms with E-state index in [1.54, 1.807) is 0 Å². The monoisotopic (exact) mass is 345 g/mol. The Morgan fingerprint density at radius 3 is 2.26 bits per heavy atom. The van der Waals surface area contributed by atoms with Gasteiger partial charge >= 0.3 is 0 Å².